The molecule has 20 heavy (non-hydrogen) atoms. The molecule has 1 saturated carbocycles. The third kappa shape index (κ3) is 3.35. The molecule has 112 valence electrons. The Morgan fingerprint density at radius 2 is 2.00 bits per heavy atom. The number of benzene rings is 1. The fourth-order valence-corrected chi connectivity index (χ4v) is 3.17. The van der Waals surface area contributed by atoms with Gasteiger partial charge in [0.2, 0.25) is 0 Å². The van der Waals surface area contributed by atoms with E-state index in [1.807, 2.05) is 0 Å². The lowest BCUT2D eigenvalue weighted by atomic mass is 9.89. The molecule has 0 aromatic heterocycles. The molecule has 0 amide bonds. The minimum Gasteiger partial charge on any atom is -0.313 e. The van der Waals surface area contributed by atoms with E-state index in [9.17, 15) is 13.2 Å². The molecule has 1 aliphatic carbocycles. The number of hydrogen-bond donors (Lipinski definition) is 1. The van der Waals surface area contributed by atoms with Gasteiger partial charge in [-0.25, -0.2) is 0 Å². The fourth-order valence-electron chi connectivity index (χ4n) is 3.17. The first-order chi connectivity index (χ1) is 9.43. The van der Waals surface area contributed by atoms with Gasteiger partial charge >= 0.3 is 6.18 Å². The van der Waals surface area contributed by atoms with Crippen LogP contribution in [0.25, 0.3) is 0 Å². The topological polar surface area (TPSA) is 12.0 Å². The number of aryl methyl sites for hydroxylation is 1. The van der Waals surface area contributed by atoms with E-state index in [1.54, 1.807) is 13.0 Å². The molecule has 4 heteroatoms. The van der Waals surface area contributed by atoms with Crippen molar-refractivity contribution in [2.24, 2.45) is 0 Å². The smallest absolute Gasteiger partial charge is 0.313 e. The lowest BCUT2D eigenvalue weighted by molar-refractivity contribution is -0.137. The maximum atomic E-state index is 12.7. The van der Waals surface area contributed by atoms with Crippen LogP contribution in [0.4, 0.5) is 13.2 Å². The van der Waals surface area contributed by atoms with Gasteiger partial charge in [-0.1, -0.05) is 19.4 Å². The predicted octanol–water partition coefficient (Wildman–Crippen LogP) is 4.65. The zero-order chi connectivity index (χ0) is 14.8. The largest absolute Gasteiger partial charge is 0.416 e. The first-order valence-electron chi connectivity index (χ1n) is 7.34. The molecule has 1 nitrogen and oxygen atoms in total. The van der Waals surface area contributed by atoms with Crippen molar-refractivity contribution >= 4 is 0 Å². The van der Waals surface area contributed by atoms with Crippen LogP contribution in [0.3, 0.4) is 0 Å². The van der Waals surface area contributed by atoms with Crippen molar-refractivity contribution in [2.75, 3.05) is 6.54 Å². The molecule has 2 atom stereocenters. The van der Waals surface area contributed by atoms with E-state index < -0.39 is 11.7 Å². The fraction of sp³-hybridized carbons (Fsp3) is 0.625. The summed E-state index contributed by atoms with van der Waals surface area (Å²) in [4.78, 5) is 0. The van der Waals surface area contributed by atoms with Gasteiger partial charge in [0.1, 0.15) is 0 Å². The van der Waals surface area contributed by atoms with Crippen LogP contribution in [0.2, 0.25) is 0 Å². The first-order valence-corrected chi connectivity index (χ1v) is 7.34. The second-order valence-electron chi connectivity index (χ2n) is 5.67. The van der Waals surface area contributed by atoms with E-state index in [1.165, 1.54) is 12.1 Å². The molecule has 0 spiro atoms. The number of rotatable bonds is 4. The Kier molecular flexibility index (Phi) is 4.74. The summed E-state index contributed by atoms with van der Waals surface area (Å²) in [5.41, 5.74) is 1.29. The van der Waals surface area contributed by atoms with Crippen molar-refractivity contribution in [3.8, 4) is 0 Å². The minimum absolute atomic E-state index is 0.351. The average molecular weight is 285 g/mol. The molecule has 1 aromatic carbocycles. The maximum absolute atomic E-state index is 12.7. The molecule has 0 bridgehead atoms. The van der Waals surface area contributed by atoms with Crippen LogP contribution in [-0.4, -0.2) is 12.6 Å². The summed E-state index contributed by atoms with van der Waals surface area (Å²) in [5, 5.41) is 3.53. The van der Waals surface area contributed by atoms with E-state index in [-0.39, 0.29) is 0 Å². The van der Waals surface area contributed by atoms with Crippen LogP contribution in [0.15, 0.2) is 18.2 Å². The molecule has 0 heterocycles. The van der Waals surface area contributed by atoms with Crippen LogP contribution in [0.5, 0.6) is 0 Å². The Balaban J connectivity index is 2.20. The van der Waals surface area contributed by atoms with Gasteiger partial charge in [0.25, 0.3) is 0 Å². The van der Waals surface area contributed by atoms with Crippen LogP contribution in [-0.2, 0) is 6.18 Å². The van der Waals surface area contributed by atoms with Crippen molar-refractivity contribution < 1.29 is 13.2 Å². The first kappa shape index (κ1) is 15.4. The van der Waals surface area contributed by atoms with Crippen molar-refractivity contribution in [3.05, 3.63) is 34.9 Å². The summed E-state index contributed by atoms with van der Waals surface area (Å²) in [5.74, 6) is 0.351. The van der Waals surface area contributed by atoms with E-state index in [2.05, 4.69) is 12.2 Å². The Hall–Kier alpha value is -1.03. The SMILES string of the molecule is CCCNC1CCCC1c1ccc(C(F)(F)F)cc1C. The highest BCUT2D eigenvalue weighted by atomic mass is 19.4. The van der Waals surface area contributed by atoms with Crippen molar-refractivity contribution in [1.82, 2.24) is 5.32 Å². The number of hydrogen-bond acceptors (Lipinski definition) is 1. The Labute approximate surface area is 118 Å². The van der Waals surface area contributed by atoms with Crippen molar-refractivity contribution in [2.45, 2.75) is 57.7 Å². The van der Waals surface area contributed by atoms with Gasteiger partial charge in [0.05, 0.1) is 5.56 Å². The van der Waals surface area contributed by atoms with Crippen LogP contribution in [0.1, 0.15) is 55.2 Å². The summed E-state index contributed by atoms with van der Waals surface area (Å²) in [7, 11) is 0. The van der Waals surface area contributed by atoms with Gasteiger partial charge in [-0.2, -0.15) is 13.2 Å². The highest BCUT2D eigenvalue weighted by molar-refractivity contribution is 5.36. The van der Waals surface area contributed by atoms with Gasteiger partial charge < -0.3 is 5.32 Å². The second kappa shape index (κ2) is 6.17. The van der Waals surface area contributed by atoms with E-state index in [0.29, 0.717) is 12.0 Å². The molecule has 0 saturated heterocycles. The van der Waals surface area contributed by atoms with Gasteiger partial charge in [-0.3, -0.25) is 0 Å². The number of nitrogens with one attached hydrogen (secondary N) is 1. The summed E-state index contributed by atoms with van der Waals surface area (Å²) in [6, 6.07) is 4.59. The Morgan fingerprint density at radius 3 is 2.60 bits per heavy atom. The van der Waals surface area contributed by atoms with Gasteiger partial charge in [-0.15, -0.1) is 0 Å². The van der Waals surface area contributed by atoms with Gasteiger partial charge in [0.15, 0.2) is 0 Å². The molecular weight excluding hydrogens is 263 g/mol. The molecule has 0 radical (unpaired) electrons. The predicted molar refractivity (Wildman–Crippen MR) is 74.9 cm³/mol. The summed E-state index contributed by atoms with van der Waals surface area (Å²) in [6.45, 7) is 4.89. The average Bonchev–Trinajstić information content (AvgIpc) is 2.83. The van der Waals surface area contributed by atoms with Gasteiger partial charge in [0, 0.05) is 6.04 Å². The van der Waals surface area contributed by atoms with Crippen molar-refractivity contribution in [1.29, 1.82) is 0 Å². The molecule has 1 fully saturated rings. The van der Waals surface area contributed by atoms with Crippen LogP contribution in [0, 0.1) is 6.92 Å². The molecule has 1 aliphatic rings. The maximum Gasteiger partial charge on any atom is 0.416 e. The highest BCUT2D eigenvalue weighted by Gasteiger charge is 2.33. The van der Waals surface area contributed by atoms with Crippen molar-refractivity contribution in [3.63, 3.8) is 0 Å². The normalized spacial score (nSPS) is 23.2. The minimum atomic E-state index is -4.25. The number of halogens is 3. The Bertz CT molecular complexity index is 454. The summed E-state index contributed by atoms with van der Waals surface area (Å²) < 4.78 is 38.1. The third-order valence-corrected chi connectivity index (χ3v) is 4.17. The van der Waals surface area contributed by atoms with Crippen LogP contribution >= 0.6 is 0 Å². The zero-order valence-corrected chi connectivity index (χ0v) is 12.1. The lowest BCUT2D eigenvalue weighted by Gasteiger charge is -2.23. The molecule has 1 aromatic rings. The number of alkyl halides is 3. The summed E-state index contributed by atoms with van der Waals surface area (Å²) in [6.07, 6.45) is 0.152. The molecule has 0 aliphatic heterocycles. The molecule has 2 unspecified atom stereocenters. The monoisotopic (exact) mass is 285 g/mol. The standard InChI is InChI=1S/C16H22F3N/c1-3-9-20-15-6-4-5-14(15)13-8-7-12(10-11(13)2)16(17,18)19/h7-8,10,14-15,20H,3-6,9H2,1-2H3. The quantitative estimate of drug-likeness (QED) is 0.849. The molecule has 1 N–H and O–H groups in total. The van der Waals surface area contributed by atoms with E-state index in [0.717, 1.165) is 43.4 Å². The molecular formula is C16H22F3N. The highest BCUT2D eigenvalue weighted by Crippen LogP contribution is 2.38. The van der Waals surface area contributed by atoms with Crippen LogP contribution < -0.4 is 5.32 Å². The Morgan fingerprint density at radius 1 is 1.25 bits per heavy atom. The zero-order valence-electron chi connectivity index (χ0n) is 12.1. The molecule has 2 rings (SSSR count). The third-order valence-electron chi connectivity index (χ3n) is 4.17. The van der Waals surface area contributed by atoms with E-state index in [4.69, 9.17) is 0 Å². The second-order valence-corrected chi connectivity index (χ2v) is 5.67. The summed E-state index contributed by atoms with van der Waals surface area (Å²) >= 11 is 0. The van der Waals surface area contributed by atoms with Gasteiger partial charge in [-0.05, 0) is 61.9 Å². The van der Waals surface area contributed by atoms with E-state index >= 15 is 0 Å². The lowest BCUT2D eigenvalue weighted by Crippen LogP contribution is -2.32.